The lowest BCUT2D eigenvalue weighted by Gasteiger charge is -2.11. The number of esters is 1. The van der Waals surface area contributed by atoms with Crippen LogP contribution in [0.1, 0.15) is 19.8 Å². The minimum atomic E-state index is -1.16. The van der Waals surface area contributed by atoms with Crippen molar-refractivity contribution in [2.24, 2.45) is 0 Å². The Morgan fingerprint density at radius 2 is 2.00 bits per heavy atom. The fourth-order valence-electron chi connectivity index (χ4n) is 0.856. The van der Waals surface area contributed by atoms with Crippen LogP contribution in [0.4, 0.5) is 0 Å². The van der Waals surface area contributed by atoms with Crippen LogP contribution in [-0.4, -0.2) is 36.1 Å². The molecule has 0 aliphatic carbocycles. The number of hydrogen-bond acceptors (Lipinski definition) is 4. The minimum absolute atomic E-state index is 0.276. The molecule has 1 atom stereocenters. The summed E-state index contributed by atoms with van der Waals surface area (Å²) in [5.41, 5.74) is 0. The third-order valence-corrected chi connectivity index (χ3v) is 1.55. The maximum absolute atomic E-state index is 10.9. The molecule has 0 spiro atoms. The molecule has 0 aliphatic rings. The van der Waals surface area contributed by atoms with Crippen molar-refractivity contribution in [3.63, 3.8) is 0 Å². The van der Waals surface area contributed by atoms with E-state index in [0.29, 0.717) is 6.42 Å². The molecule has 0 bridgehead atoms. The van der Waals surface area contributed by atoms with Gasteiger partial charge in [-0.05, 0) is 6.42 Å². The average molecular weight is 203 g/mol. The molecule has 0 aliphatic heterocycles. The van der Waals surface area contributed by atoms with Gasteiger partial charge in [0.25, 0.3) is 0 Å². The van der Waals surface area contributed by atoms with Gasteiger partial charge in [-0.3, -0.25) is 4.79 Å². The lowest BCUT2D eigenvalue weighted by atomic mass is 10.2. The number of rotatable bonds is 4. The highest BCUT2D eigenvalue weighted by molar-refractivity contribution is 6.32. The Kier molecular flexibility index (Phi) is 5.28. The number of amides is 1. The van der Waals surface area contributed by atoms with E-state index in [1.54, 1.807) is 6.92 Å². The molecule has 0 aromatic rings. The van der Waals surface area contributed by atoms with Gasteiger partial charge in [0.2, 0.25) is 0 Å². The van der Waals surface area contributed by atoms with Crippen LogP contribution in [0.3, 0.4) is 0 Å². The Hall–Kier alpha value is -1.59. The monoisotopic (exact) mass is 203 g/mol. The maximum atomic E-state index is 10.9. The van der Waals surface area contributed by atoms with Crippen LogP contribution < -0.4 is 5.32 Å². The number of nitrogens with one attached hydrogen (secondary N) is 1. The lowest BCUT2D eigenvalue weighted by molar-refractivity contribution is -0.154. The van der Waals surface area contributed by atoms with Crippen molar-refractivity contribution in [3.05, 3.63) is 0 Å². The van der Waals surface area contributed by atoms with Crippen LogP contribution in [0.2, 0.25) is 0 Å². The van der Waals surface area contributed by atoms with Crippen LogP contribution in [-0.2, 0) is 19.1 Å². The fraction of sp³-hybridized carbons (Fsp3) is 0.625. The van der Waals surface area contributed by atoms with Crippen LogP contribution >= 0.6 is 0 Å². The van der Waals surface area contributed by atoms with Crippen molar-refractivity contribution in [2.45, 2.75) is 25.8 Å². The molecule has 0 fully saturated rings. The van der Waals surface area contributed by atoms with Crippen molar-refractivity contribution in [2.75, 3.05) is 7.11 Å². The van der Waals surface area contributed by atoms with Gasteiger partial charge in [-0.2, -0.15) is 0 Å². The van der Waals surface area contributed by atoms with Crippen LogP contribution in [0.5, 0.6) is 0 Å². The minimum Gasteiger partial charge on any atom is -0.480 e. The molecule has 80 valence electrons. The molecular weight excluding hydrogens is 190 g/mol. The second-order valence-corrected chi connectivity index (χ2v) is 2.64. The molecule has 0 radical (unpaired) electrons. The second-order valence-electron chi connectivity index (χ2n) is 2.64. The summed E-state index contributed by atoms with van der Waals surface area (Å²) >= 11 is 0. The molecule has 14 heavy (non-hydrogen) atoms. The summed E-state index contributed by atoms with van der Waals surface area (Å²) in [5, 5.41) is 10.7. The Labute approximate surface area is 81.2 Å². The summed E-state index contributed by atoms with van der Waals surface area (Å²) in [5.74, 6) is -3.29. The molecule has 0 aromatic heterocycles. The predicted molar refractivity (Wildman–Crippen MR) is 46.5 cm³/mol. The lowest BCUT2D eigenvalue weighted by Crippen LogP contribution is -2.44. The quantitative estimate of drug-likeness (QED) is 0.476. The SMILES string of the molecule is CCCC(NC(=O)C(=O)OC)C(=O)O. The third-order valence-electron chi connectivity index (χ3n) is 1.55. The zero-order chi connectivity index (χ0) is 11.1. The van der Waals surface area contributed by atoms with Gasteiger partial charge in [0.1, 0.15) is 6.04 Å². The van der Waals surface area contributed by atoms with E-state index in [9.17, 15) is 14.4 Å². The van der Waals surface area contributed by atoms with Crippen molar-refractivity contribution in [3.8, 4) is 0 Å². The van der Waals surface area contributed by atoms with Gasteiger partial charge in [0, 0.05) is 0 Å². The van der Waals surface area contributed by atoms with E-state index in [4.69, 9.17) is 5.11 Å². The smallest absolute Gasteiger partial charge is 0.396 e. The molecule has 0 saturated heterocycles. The average Bonchev–Trinajstić information content (AvgIpc) is 2.15. The number of aliphatic carboxylic acids is 1. The van der Waals surface area contributed by atoms with Gasteiger partial charge in [-0.25, -0.2) is 9.59 Å². The predicted octanol–water partition coefficient (Wildman–Crippen LogP) is -0.471. The van der Waals surface area contributed by atoms with Gasteiger partial charge in [-0.1, -0.05) is 13.3 Å². The van der Waals surface area contributed by atoms with Crippen molar-refractivity contribution in [1.29, 1.82) is 0 Å². The van der Waals surface area contributed by atoms with Crippen molar-refractivity contribution >= 4 is 17.8 Å². The Morgan fingerprint density at radius 3 is 2.36 bits per heavy atom. The van der Waals surface area contributed by atoms with E-state index < -0.39 is 23.9 Å². The highest BCUT2D eigenvalue weighted by Crippen LogP contribution is 1.96. The van der Waals surface area contributed by atoms with Gasteiger partial charge in [-0.15, -0.1) is 0 Å². The summed E-state index contributed by atoms with van der Waals surface area (Å²) in [7, 11) is 1.05. The fourth-order valence-corrected chi connectivity index (χ4v) is 0.856. The zero-order valence-corrected chi connectivity index (χ0v) is 8.07. The summed E-state index contributed by atoms with van der Waals surface area (Å²) in [6.07, 6.45) is 0.872. The Bertz CT molecular complexity index is 238. The molecule has 0 rings (SSSR count). The van der Waals surface area contributed by atoms with Crippen LogP contribution in [0, 0.1) is 0 Å². The zero-order valence-electron chi connectivity index (χ0n) is 8.07. The second kappa shape index (κ2) is 5.95. The normalized spacial score (nSPS) is 11.6. The largest absolute Gasteiger partial charge is 0.480 e. The van der Waals surface area contributed by atoms with Crippen molar-refractivity contribution in [1.82, 2.24) is 5.32 Å². The van der Waals surface area contributed by atoms with Crippen molar-refractivity contribution < 1.29 is 24.2 Å². The van der Waals surface area contributed by atoms with Gasteiger partial charge in [0.05, 0.1) is 7.11 Å². The number of carboxylic acid groups (broad SMARTS) is 1. The Balaban J connectivity index is 4.23. The molecule has 2 N–H and O–H groups in total. The first kappa shape index (κ1) is 12.4. The molecular formula is C8H13NO5. The molecule has 6 heteroatoms. The number of hydrogen-bond donors (Lipinski definition) is 2. The number of methoxy groups -OCH3 is 1. The summed E-state index contributed by atoms with van der Waals surface area (Å²) in [6.45, 7) is 1.78. The first-order chi connectivity index (χ1) is 6.52. The van der Waals surface area contributed by atoms with E-state index >= 15 is 0 Å². The Morgan fingerprint density at radius 1 is 1.43 bits per heavy atom. The first-order valence-electron chi connectivity index (χ1n) is 4.14. The van der Waals surface area contributed by atoms with E-state index in [-0.39, 0.29) is 6.42 Å². The molecule has 1 unspecified atom stereocenters. The topological polar surface area (TPSA) is 92.7 Å². The number of carbonyl (C=O) groups is 3. The molecule has 0 saturated carbocycles. The van der Waals surface area contributed by atoms with E-state index in [1.165, 1.54) is 0 Å². The van der Waals surface area contributed by atoms with Crippen LogP contribution in [0.15, 0.2) is 0 Å². The maximum Gasteiger partial charge on any atom is 0.396 e. The number of carboxylic acids is 1. The molecule has 0 aromatic carbocycles. The van der Waals surface area contributed by atoms with Gasteiger partial charge < -0.3 is 15.2 Å². The summed E-state index contributed by atoms with van der Waals surface area (Å²) < 4.78 is 4.13. The van der Waals surface area contributed by atoms with E-state index in [0.717, 1.165) is 7.11 Å². The van der Waals surface area contributed by atoms with Gasteiger partial charge in [0.15, 0.2) is 0 Å². The van der Waals surface area contributed by atoms with E-state index in [2.05, 4.69) is 10.1 Å². The summed E-state index contributed by atoms with van der Waals surface area (Å²) in [6, 6.07) is -1.04. The molecule has 0 heterocycles. The van der Waals surface area contributed by atoms with E-state index in [1.807, 2.05) is 0 Å². The van der Waals surface area contributed by atoms with Crippen LogP contribution in [0.25, 0.3) is 0 Å². The highest BCUT2D eigenvalue weighted by Gasteiger charge is 2.23. The molecule has 1 amide bonds. The highest BCUT2D eigenvalue weighted by atomic mass is 16.5. The number of carbonyl (C=O) groups excluding carboxylic acids is 2. The molecule has 6 nitrogen and oxygen atoms in total. The van der Waals surface area contributed by atoms with Gasteiger partial charge >= 0.3 is 17.8 Å². The standard InChI is InChI=1S/C8H13NO5/c1-3-4-5(7(11)12)9-6(10)8(13)14-2/h5H,3-4H2,1-2H3,(H,9,10)(H,11,12). The number of ether oxygens (including phenoxy) is 1. The first-order valence-corrected chi connectivity index (χ1v) is 4.14. The summed E-state index contributed by atoms with van der Waals surface area (Å²) in [4.78, 5) is 32.1. The third kappa shape index (κ3) is 3.88.